The van der Waals surface area contributed by atoms with Crippen molar-refractivity contribution in [1.82, 2.24) is 0 Å². The average Bonchev–Trinajstić information content (AvgIpc) is 3.83. The van der Waals surface area contributed by atoms with Gasteiger partial charge >= 0.3 is 0 Å². The Morgan fingerprint density at radius 2 is 1.07 bits per heavy atom. The molecule has 0 fully saturated rings. The van der Waals surface area contributed by atoms with Crippen LogP contribution in [0.1, 0.15) is 68.7 Å². The van der Waals surface area contributed by atoms with Gasteiger partial charge in [0.25, 0.3) is 0 Å². The van der Waals surface area contributed by atoms with Gasteiger partial charge in [0.1, 0.15) is 11.2 Å². The highest BCUT2D eigenvalue weighted by Crippen LogP contribution is 2.65. The number of furan rings is 1. The second kappa shape index (κ2) is 12.8. The van der Waals surface area contributed by atoms with Crippen LogP contribution in [0.2, 0.25) is 0 Å². The van der Waals surface area contributed by atoms with E-state index in [0.717, 1.165) is 41.8 Å². The third kappa shape index (κ3) is 4.49. The van der Waals surface area contributed by atoms with Crippen LogP contribution >= 0.6 is 0 Å². The van der Waals surface area contributed by atoms with Gasteiger partial charge < -0.3 is 9.32 Å². The standard InChI is InChI=1S/C56H41NO/c1-4-17-38(18-5-1)55(40-31-33-42(34-32-40)57(41-21-8-3-9-22-41)43-35-36-46-45-24-11-15-30-52(45)58-53(46)37-43)49-27-13-14-28-50(49)56(39-19-6-2-7-20-39)48-26-12-10-23-44(48)47-25-16-29-51(55)54(47)56/h1-10,12-23,25-34,36-37,43H,11,24,35H2. The Kier molecular flexibility index (Phi) is 7.35. The minimum Gasteiger partial charge on any atom is -0.457 e. The van der Waals surface area contributed by atoms with Crippen molar-refractivity contribution in [2.45, 2.75) is 36.1 Å². The smallest absolute Gasteiger partial charge is 0.132 e. The second-order valence-corrected chi connectivity index (χ2v) is 16.1. The molecule has 0 saturated heterocycles. The lowest BCUT2D eigenvalue weighted by atomic mass is 9.52. The Hall–Kier alpha value is -6.90. The van der Waals surface area contributed by atoms with Crippen molar-refractivity contribution in [3.8, 4) is 11.1 Å². The molecule has 1 heterocycles. The third-order valence-electron chi connectivity index (χ3n) is 13.4. The third-order valence-corrected chi connectivity index (χ3v) is 13.4. The molecule has 0 amide bonds. The number of fused-ring (bicyclic) bond motifs is 8. The summed E-state index contributed by atoms with van der Waals surface area (Å²) in [6, 6.07) is 68.3. The van der Waals surface area contributed by atoms with E-state index in [4.69, 9.17) is 4.42 Å². The normalized spacial score (nSPS) is 20.4. The topological polar surface area (TPSA) is 16.4 Å². The summed E-state index contributed by atoms with van der Waals surface area (Å²) in [6.45, 7) is 0. The monoisotopic (exact) mass is 743 g/mol. The number of anilines is 2. The lowest BCUT2D eigenvalue weighted by molar-refractivity contribution is 0.513. The molecule has 58 heavy (non-hydrogen) atoms. The molecule has 7 aromatic carbocycles. The van der Waals surface area contributed by atoms with Gasteiger partial charge in [0.15, 0.2) is 0 Å². The number of benzene rings is 7. The molecule has 0 N–H and O–H groups in total. The van der Waals surface area contributed by atoms with Crippen LogP contribution in [-0.4, -0.2) is 6.04 Å². The molecule has 4 aliphatic rings. The largest absolute Gasteiger partial charge is 0.457 e. The molecule has 0 saturated carbocycles. The Morgan fingerprint density at radius 3 is 1.81 bits per heavy atom. The Morgan fingerprint density at radius 1 is 0.500 bits per heavy atom. The zero-order valence-corrected chi connectivity index (χ0v) is 32.2. The lowest BCUT2D eigenvalue weighted by Crippen LogP contribution is -2.44. The molecule has 0 spiro atoms. The van der Waals surface area contributed by atoms with Crippen LogP contribution in [0, 0.1) is 0 Å². The number of allylic oxidation sites excluding steroid dienone is 1. The van der Waals surface area contributed by atoms with E-state index in [1.807, 2.05) is 0 Å². The van der Waals surface area contributed by atoms with Crippen molar-refractivity contribution in [3.63, 3.8) is 0 Å². The maximum Gasteiger partial charge on any atom is 0.132 e. The van der Waals surface area contributed by atoms with E-state index >= 15 is 0 Å². The van der Waals surface area contributed by atoms with Gasteiger partial charge in [-0.2, -0.15) is 0 Å². The van der Waals surface area contributed by atoms with Crippen molar-refractivity contribution in [3.05, 3.63) is 255 Å². The summed E-state index contributed by atoms with van der Waals surface area (Å²) in [5.74, 6) is 1.02. The van der Waals surface area contributed by atoms with Crippen molar-refractivity contribution < 1.29 is 4.42 Å². The molecule has 3 unspecified atom stereocenters. The lowest BCUT2D eigenvalue weighted by Gasteiger charge is -2.49. The molecule has 0 aliphatic heterocycles. The first kappa shape index (κ1) is 33.3. The fraction of sp³-hybridized carbons (Fsp3) is 0.107. The molecule has 4 aliphatic carbocycles. The summed E-state index contributed by atoms with van der Waals surface area (Å²) < 4.78 is 6.49. The van der Waals surface area contributed by atoms with Crippen molar-refractivity contribution in [1.29, 1.82) is 0 Å². The molecule has 1 aromatic heterocycles. The zero-order valence-electron chi connectivity index (χ0n) is 32.2. The maximum atomic E-state index is 6.49. The first-order valence-corrected chi connectivity index (χ1v) is 20.7. The zero-order chi connectivity index (χ0) is 38.3. The average molecular weight is 744 g/mol. The highest BCUT2D eigenvalue weighted by molar-refractivity contribution is 5.91. The number of nitrogens with zero attached hydrogens (tertiary/aromatic N) is 1. The van der Waals surface area contributed by atoms with E-state index in [1.165, 1.54) is 66.4 Å². The number of rotatable bonds is 6. The van der Waals surface area contributed by atoms with Gasteiger partial charge in [-0.25, -0.2) is 0 Å². The van der Waals surface area contributed by atoms with Gasteiger partial charge in [-0.3, -0.25) is 0 Å². The van der Waals surface area contributed by atoms with Crippen molar-refractivity contribution >= 4 is 29.6 Å². The highest BCUT2D eigenvalue weighted by atomic mass is 16.3. The summed E-state index contributed by atoms with van der Waals surface area (Å²) in [7, 11) is 0. The van der Waals surface area contributed by atoms with Gasteiger partial charge in [0.2, 0.25) is 0 Å². The molecule has 2 nitrogen and oxygen atoms in total. The molecular formula is C56H41NO. The van der Waals surface area contributed by atoms with E-state index in [2.05, 4.69) is 211 Å². The van der Waals surface area contributed by atoms with E-state index < -0.39 is 10.8 Å². The second-order valence-electron chi connectivity index (χ2n) is 16.1. The van der Waals surface area contributed by atoms with Crippen LogP contribution in [0.25, 0.3) is 29.4 Å². The van der Waals surface area contributed by atoms with Gasteiger partial charge in [0, 0.05) is 22.2 Å². The highest BCUT2D eigenvalue weighted by Gasteiger charge is 2.57. The predicted octanol–water partition coefficient (Wildman–Crippen LogP) is 11.5. The summed E-state index contributed by atoms with van der Waals surface area (Å²) in [5, 5.41) is 1.28. The molecule has 12 rings (SSSR count). The first-order valence-electron chi connectivity index (χ1n) is 20.7. The maximum absolute atomic E-state index is 6.49. The van der Waals surface area contributed by atoms with E-state index in [-0.39, 0.29) is 6.04 Å². The minimum absolute atomic E-state index is 0.0956. The van der Waals surface area contributed by atoms with Crippen LogP contribution in [-0.2, 0) is 17.3 Å². The minimum atomic E-state index is -0.583. The molecule has 3 atom stereocenters. The van der Waals surface area contributed by atoms with Gasteiger partial charge in [-0.15, -0.1) is 0 Å². The fourth-order valence-electron chi connectivity index (χ4n) is 11.2. The molecular weight excluding hydrogens is 703 g/mol. The molecule has 8 aromatic rings. The summed E-state index contributed by atoms with van der Waals surface area (Å²) in [6.07, 6.45) is 12.1. The van der Waals surface area contributed by atoms with Gasteiger partial charge in [-0.1, -0.05) is 170 Å². The summed E-state index contributed by atoms with van der Waals surface area (Å²) in [4.78, 5) is 2.49. The van der Waals surface area contributed by atoms with Gasteiger partial charge in [0.05, 0.1) is 16.9 Å². The Balaban J connectivity index is 1.10. The predicted molar refractivity (Wildman–Crippen MR) is 237 cm³/mol. The van der Waals surface area contributed by atoms with Crippen LogP contribution < -0.4 is 15.5 Å². The fourth-order valence-corrected chi connectivity index (χ4v) is 11.2. The quantitative estimate of drug-likeness (QED) is 0.169. The number of para-hydroxylation sites is 1. The van der Waals surface area contributed by atoms with Crippen LogP contribution in [0.4, 0.5) is 11.4 Å². The molecule has 0 bridgehead atoms. The molecule has 0 radical (unpaired) electrons. The number of hydrogen-bond acceptors (Lipinski definition) is 2. The number of hydrogen-bond donors (Lipinski definition) is 0. The molecule has 2 heteroatoms. The van der Waals surface area contributed by atoms with E-state index in [9.17, 15) is 0 Å². The Bertz CT molecular complexity index is 3030. The summed E-state index contributed by atoms with van der Waals surface area (Å²) >= 11 is 0. The van der Waals surface area contributed by atoms with E-state index in [1.54, 1.807) is 0 Å². The molecule has 276 valence electrons. The van der Waals surface area contributed by atoms with Crippen LogP contribution in [0.5, 0.6) is 0 Å². The van der Waals surface area contributed by atoms with E-state index in [0.29, 0.717) is 0 Å². The van der Waals surface area contributed by atoms with Crippen LogP contribution in [0.3, 0.4) is 0 Å². The Labute approximate surface area is 339 Å². The SMILES string of the molecule is C1=Cc2oc3c(c2CC1)=CCC(N(c1ccccc1)c1ccc(C2(c4ccccc4)c4ccccc4C4(c5ccccc5)c5ccccc5-c5cccc2c54)cc1)C=3. The van der Waals surface area contributed by atoms with Crippen LogP contribution in [0.15, 0.2) is 192 Å². The summed E-state index contributed by atoms with van der Waals surface area (Å²) in [5.41, 5.74) is 16.8. The van der Waals surface area contributed by atoms with Crippen molar-refractivity contribution in [2.24, 2.45) is 0 Å². The first-order chi connectivity index (χ1) is 28.8. The van der Waals surface area contributed by atoms with Gasteiger partial charge in [-0.05, 0) is 111 Å². The van der Waals surface area contributed by atoms with Crippen molar-refractivity contribution in [2.75, 3.05) is 4.90 Å².